The van der Waals surface area contributed by atoms with Gasteiger partial charge in [0.15, 0.2) is 0 Å². The van der Waals surface area contributed by atoms with Crippen molar-refractivity contribution in [2.45, 2.75) is 13.5 Å². The molecule has 1 aliphatic heterocycles. The number of anilines is 1. The monoisotopic (exact) mass is 133 g/mol. The van der Waals surface area contributed by atoms with E-state index in [2.05, 4.69) is 36.1 Å². The van der Waals surface area contributed by atoms with E-state index in [1.54, 1.807) is 0 Å². The van der Waals surface area contributed by atoms with Gasteiger partial charge in [-0.25, -0.2) is 0 Å². The van der Waals surface area contributed by atoms with Gasteiger partial charge in [-0.15, -0.1) is 0 Å². The van der Waals surface area contributed by atoms with Crippen LogP contribution in [0.1, 0.15) is 12.5 Å². The lowest BCUT2D eigenvalue weighted by Crippen LogP contribution is -2.31. The first-order valence-electron chi connectivity index (χ1n) is 3.74. The third-order valence-corrected chi connectivity index (χ3v) is 2.08. The standard InChI is InChI=1S/C9H11N/c1-2-10-7-8-5-3-4-6-9(8)10/h3-6H,2,7H2,1H3. The van der Waals surface area contributed by atoms with E-state index in [1.807, 2.05) is 0 Å². The summed E-state index contributed by atoms with van der Waals surface area (Å²) in [6, 6.07) is 8.58. The molecule has 0 spiro atoms. The third-order valence-electron chi connectivity index (χ3n) is 2.08. The molecular weight excluding hydrogens is 122 g/mol. The van der Waals surface area contributed by atoms with Crippen molar-refractivity contribution in [2.75, 3.05) is 11.4 Å². The average molecular weight is 133 g/mol. The number of rotatable bonds is 1. The summed E-state index contributed by atoms with van der Waals surface area (Å²) < 4.78 is 0. The summed E-state index contributed by atoms with van der Waals surface area (Å²) in [4.78, 5) is 2.37. The first-order chi connectivity index (χ1) is 4.92. The molecule has 0 fully saturated rings. The van der Waals surface area contributed by atoms with Crippen LogP contribution in [-0.4, -0.2) is 6.54 Å². The first kappa shape index (κ1) is 5.78. The fourth-order valence-corrected chi connectivity index (χ4v) is 1.43. The average Bonchev–Trinajstić information content (AvgIpc) is 1.92. The highest BCUT2D eigenvalue weighted by atomic mass is 15.2. The summed E-state index contributed by atoms with van der Waals surface area (Å²) in [5, 5.41) is 0. The molecule has 1 nitrogen and oxygen atoms in total. The first-order valence-corrected chi connectivity index (χ1v) is 3.74. The van der Waals surface area contributed by atoms with Crippen LogP contribution in [0.15, 0.2) is 24.3 Å². The van der Waals surface area contributed by atoms with Gasteiger partial charge in [0.05, 0.1) is 0 Å². The van der Waals surface area contributed by atoms with Gasteiger partial charge in [0.2, 0.25) is 0 Å². The van der Waals surface area contributed by atoms with Gasteiger partial charge in [-0.05, 0) is 18.6 Å². The van der Waals surface area contributed by atoms with Gasteiger partial charge in [-0.2, -0.15) is 0 Å². The van der Waals surface area contributed by atoms with Crippen LogP contribution in [0.3, 0.4) is 0 Å². The molecule has 1 aliphatic rings. The summed E-state index contributed by atoms with van der Waals surface area (Å²) in [6.45, 7) is 4.47. The summed E-state index contributed by atoms with van der Waals surface area (Å²) in [6.07, 6.45) is 0. The molecule has 10 heavy (non-hydrogen) atoms. The van der Waals surface area contributed by atoms with Crippen LogP contribution in [-0.2, 0) is 6.54 Å². The predicted molar refractivity (Wildman–Crippen MR) is 43.2 cm³/mol. The fourth-order valence-electron chi connectivity index (χ4n) is 1.43. The molecule has 1 heteroatoms. The Balaban J connectivity index is 2.34. The molecule has 0 bridgehead atoms. The topological polar surface area (TPSA) is 3.24 Å². The second-order valence-electron chi connectivity index (χ2n) is 2.64. The molecule has 1 aromatic carbocycles. The minimum absolute atomic E-state index is 1.14. The van der Waals surface area contributed by atoms with Crippen molar-refractivity contribution in [3.8, 4) is 0 Å². The minimum Gasteiger partial charge on any atom is -0.367 e. The number of hydrogen-bond acceptors (Lipinski definition) is 1. The van der Waals surface area contributed by atoms with Gasteiger partial charge < -0.3 is 4.90 Å². The van der Waals surface area contributed by atoms with E-state index < -0.39 is 0 Å². The highest BCUT2D eigenvalue weighted by Gasteiger charge is 2.18. The Kier molecular flexibility index (Phi) is 1.16. The van der Waals surface area contributed by atoms with Crippen molar-refractivity contribution in [1.82, 2.24) is 0 Å². The normalized spacial score (nSPS) is 14.3. The lowest BCUT2D eigenvalue weighted by Gasteiger charge is -2.34. The number of benzene rings is 1. The molecule has 0 N–H and O–H groups in total. The van der Waals surface area contributed by atoms with Crippen LogP contribution >= 0.6 is 0 Å². The van der Waals surface area contributed by atoms with Crippen LogP contribution in [0.2, 0.25) is 0 Å². The predicted octanol–water partition coefficient (Wildman–Crippen LogP) is 2.03. The van der Waals surface area contributed by atoms with Gasteiger partial charge in [-0.1, -0.05) is 18.2 Å². The molecule has 0 aromatic heterocycles. The van der Waals surface area contributed by atoms with Crippen LogP contribution < -0.4 is 4.90 Å². The molecule has 2 rings (SSSR count). The number of para-hydroxylation sites is 1. The van der Waals surface area contributed by atoms with Crippen molar-refractivity contribution < 1.29 is 0 Å². The molecule has 0 atom stereocenters. The molecule has 1 heterocycles. The lowest BCUT2D eigenvalue weighted by molar-refractivity contribution is 0.763. The number of fused-ring (bicyclic) bond motifs is 1. The Morgan fingerprint density at radius 1 is 1.40 bits per heavy atom. The molecule has 0 unspecified atom stereocenters. The molecule has 0 aliphatic carbocycles. The van der Waals surface area contributed by atoms with Gasteiger partial charge in [0, 0.05) is 18.8 Å². The van der Waals surface area contributed by atoms with Crippen LogP contribution in [0.25, 0.3) is 0 Å². The Hall–Kier alpha value is -0.980. The second-order valence-corrected chi connectivity index (χ2v) is 2.64. The van der Waals surface area contributed by atoms with Gasteiger partial charge in [0.25, 0.3) is 0 Å². The summed E-state index contributed by atoms with van der Waals surface area (Å²) in [5.41, 5.74) is 2.91. The van der Waals surface area contributed by atoms with E-state index in [1.165, 1.54) is 11.3 Å². The maximum Gasteiger partial charge on any atom is 0.0449 e. The number of hydrogen-bond donors (Lipinski definition) is 0. The van der Waals surface area contributed by atoms with E-state index in [4.69, 9.17) is 0 Å². The zero-order chi connectivity index (χ0) is 6.97. The van der Waals surface area contributed by atoms with Gasteiger partial charge in [0.1, 0.15) is 0 Å². The molecular formula is C9H11N. The summed E-state index contributed by atoms with van der Waals surface area (Å²) in [7, 11) is 0. The van der Waals surface area contributed by atoms with Crippen molar-refractivity contribution in [3.63, 3.8) is 0 Å². The zero-order valence-corrected chi connectivity index (χ0v) is 6.17. The largest absolute Gasteiger partial charge is 0.367 e. The van der Waals surface area contributed by atoms with E-state index >= 15 is 0 Å². The highest BCUT2D eigenvalue weighted by Crippen LogP contribution is 2.31. The van der Waals surface area contributed by atoms with Gasteiger partial charge in [-0.3, -0.25) is 0 Å². The van der Waals surface area contributed by atoms with Crippen molar-refractivity contribution in [1.29, 1.82) is 0 Å². The molecule has 0 saturated heterocycles. The fraction of sp³-hybridized carbons (Fsp3) is 0.333. The van der Waals surface area contributed by atoms with E-state index in [9.17, 15) is 0 Å². The van der Waals surface area contributed by atoms with Crippen molar-refractivity contribution >= 4 is 5.69 Å². The second kappa shape index (κ2) is 2.01. The SMILES string of the molecule is CCN1Cc2ccccc21. The Morgan fingerprint density at radius 3 is 2.90 bits per heavy atom. The van der Waals surface area contributed by atoms with Crippen molar-refractivity contribution in [3.05, 3.63) is 29.8 Å². The third kappa shape index (κ3) is 0.635. The maximum absolute atomic E-state index is 2.37. The highest BCUT2D eigenvalue weighted by molar-refractivity contribution is 5.61. The lowest BCUT2D eigenvalue weighted by atomic mass is 10.0. The maximum atomic E-state index is 2.37. The van der Waals surface area contributed by atoms with E-state index in [-0.39, 0.29) is 0 Å². The molecule has 0 saturated carbocycles. The quantitative estimate of drug-likeness (QED) is 0.566. The molecule has 52 valence electrons. The molecule has 0 radical (unpaired) electrons. The summed E-state index contributed by atoms with van der Waals surface area (Å²) >= 11 is 0. The summed E-state index contributed by atoms with van der Waals surface area (Å²) in [5.74, 6) is 0. The van der Waals surface area contributed by atoms with Crippen LogP contribution in [0, 0.1) is 0 Å². The Morgan fingerprint density at radius 2 is 2.20 bits per heavy atom. The minimum atomic E-state index is 1.14. The molecule has 0 amide bonds. The number of nitrogens with zero attached hydrogens (tertiary/aromatic N) is 1. The van der Waals surface area contributed by atoms with Gasteiger partial charge >= 0.3 is 0 Å². The van der Waals surface area contributed by atoms with Crippen molar-refractivity contribution in [2.24, 2.45) is 0 Å². The zero-order valence-electron chi connectivity index (χ0n) is 6.17. The smallest absolute Gasteiger partial charge is 0.0449 e. The Labute approximate surface area is 61.3 Å². The van der Waals surface area contributed by atoms with E-state index in [0.29, 0.717) is 0 Å². The van der Waals surface area contributed by atoms with E-state index in [0.717, 1.165) is 13.1 Å². The van der Waals surface area contributed by atoms with Crippen LogP contribution in [0.5, 0.6) is 0 Å². The Bertz CT molecular complexity index is 242. The molecule has 1 aromatic rings. The van der Waals surface area contributed by atoms with Crippen LogP contribution in [0.4, 0.5) is 5.69 Å².